The van der Waals surface area contributed by atoms with Gasteiger partial charge in [0.15, 0.2) is 0 Å². The van der Waals surface area contributed by atoms with Crippen molar-refractivity contribution in [1.82, 2.24) is 14.9 Å². The van der Waals surface area contributed by atoms with Gasteiger partial charge in [-0.25, -0.2) is 4.98 Å². The Morgan fingerprint density at radius 1 is 1.08 bits per heavy atom. The Morgan fingerprint density at radius 3 is 2.52 bits per heavy atom. The summed E-state index contributed by atoms with van der Waals surface area (Å²) in [5.41, 5.74) is 0. The molecule has 1 aromatic rings. The first-order chi connectivity index (χ1) is 12.4. The molecule has 140 valence electrons. The molecule has 5 heteroatoms. The van der Waals surface area contributed by atoms with Crippen LogP contribution in [0, 0.1) is 0 Å². The second-order valence-electron chi connectivity index (χ2n) is 7.49. The summed E-state index contributed by atoms with van der Waals surface area (Å²) in [6.07, 6.45) is 14.1. The van der Waals surface area contributed by atoms with E-state index in [1.165, 1.54) is 57.8 Å². The van der Waals surface area contributed by atoms with Crippen LogP contribution in [0.1, 0.15) is 64.7 Å². The van der Waals surface area contributed by atoms with Crippen LogP contribution in [0.5, 0.6) is 0 Å². The lowest BCUT2D eigenvalue weighted by atomic mass is 9.94. The molecule has 5 nitrogen and oxygen atoms in total. The van der Waals surface area contributed by atoms with E-state index in [1.807, 2.05) is 6.20 Å². The van der Waals surface area contributed by atoms with Crippen molar-refractivity contribution in [3.05, 3.63) is 12.3 Å². The van der Waals surface area contributed by atoms with Crippen LogP contribution in [0.2, 0.25) is 0 Å². The van der Waals surface area contributed by atoms with E-state index in [-0.39, 0.29) is 0 Å². The van der Waals surface area contributed by atoms with Gasteiger partial charge in [0.05, 0.1) is 0 Å². The Hall–Kier alpha value is -1.36. The van der Waals surface area contributed by atoms with Crippen LogP contribution in [0.15, 0.2) is 12.3 Å². The smallest absolute Gasteiger partial charge is 0.224 e. The van der Waals surface area contributed by atoms with E-state index in [9.17, 15) is 0 Å². The Morgan fingerprint density at radius 2 is 1.80 bits per heavy atom. The van der Waals surface area contributed by atoms with E-state index in [2.05, 4.69) is 33.1 Å². The van der Waals surface area contributed by atoms with Crippen LogP contribution >= 0.6 is 0 Å². The Balaban J connectivity index is 1.49. The third-order valence-electron chi connectivity index (χ3n) is 5.75. The van der Waals surface area contributed by atoms with Crippen LogP contribution in [-0.4, -0.2) is 53.6 Å². The van der Waals surface area contributed by atoms with Gasteiger partial charge in [0.2, 0.25) is 5.95 Å². The molecule has 1 aliphatic carbocycles. The molecule has 1 N–H and O–H groups in total. The molecule has 1 aliphatic heterocycles. The monoisotopic (exact) mass is 345 g/mol. The number of hydrogen-bond acceptors (Lipinski definition) is 5. The molecule has 0 atom stereocenters. The Kier molecular flexibility index (Phi) is 7.34. The quantitative estimate of drug-likeness (QED) is 0.811. The van der Waals surface area contributed by atoms with Gasteiger partial charge >= 0.3 is 0 Å². The summed E-state index contributed by atoms with van der Waals surface area (Å²) >= 11 is 0. The van der Waals surface area contributed by atoms with Gasteiger partial charge in [0.25, 0.3) is 0 Å². The number of rotatable bonds is 7. The zero-order valence-electron chi connectivity index (χ0n) is 15.9. The van der Waals surface area contributed by atoms with Crippen molar-refractivity contribution in [1.29, 1.82) is 0 Å². The van der Waals surface area contributed by atoms with Gasteiger partial charge in [-0.05, 0) is 38.3 Å². The second kappa shape index (κ2) is 9.95. The number of nitrogens with zero attached hydrogens (tertiary/aromatic N) is 4. The molecule has 0 radical (unpaired) electrons. The Bertz CT molecular complexity index is 493. The fourth-order valence-corrected chi connectivity index (χ4v) is 4.27. The van der Waals surface area contributed by atoms with E-state index >= 15 is 0 Å². The standard InChI is InChI=1S/C20H35N5/c1-2-24(18-10-6-5-7-11-18)17-14-22-20-21-13-12-19(23-20)25-15-8-3-4-9-16-25/h12-13,18H,2-11,14-17H2,1H3,(H,21,22,23). The summed E-state index contributed by atoms with van der Waals surface area (Å²) in [6, 6.07) is 2.83. The average Bonchev–Trinajstić information content (AvgIpc) is 2.96. The van der Waals surface area contributed by atoms with Gasteiger partial charge in [0, 0.05) is 38.4 Å². The van der Waals surface area contributed by atoms with Gasteiger partial charge in [-0.2, -0.15) is 4.98 Å². The van der Waals surface area contributed by atoms with Crippen molar-refractivity contribution in [2.24, 2.45) is 0 Å². The summed E-state index contributed by atoms with van der Waals surface area (Å²) in [5, 5.41) is 3.45. The first kappa shape index (κ1) is 18.4. The van der Waals surface area contributed by atoms with Crippen LogP contribution in [0.4, 0.5) is 11.8 Å². The SMILES string of the molecule is CCN(CCNc1nccc(N2CCCCCC2)n1)C1CCCCC1. The van der Waals surface area contributed by atoms with Crippen LogP contribution in [0.25, 0.3) is 0 Å². The number of nitrogens with one attached hydrogen (secondary N) is 1. The number of hydrogen-bond donors (Lipinski definition) is 1. The number of aromatic nitrogens is 2. The van der Waals surface area contributed by atoms with Gasteiger partial charge in [-0.3, -0.25) is 4.90 Å². The van der Waals surface area contributed by atoms with E-state index in [1.54, 1.807) is 0 Å². The predicted octanol–water partition coefficient (Wildman–Crippen LogP) is 3.92. The number of anilines is 2. The molecule has 1 saturated heterocycles. The highest BCUT2D eigenvalue weighted by molar-refractivity contribution is 5.42. The van der Waals surface area contributed by atoms with Gasteiger partial charge < -0.3 is 10.2 Å². The van der Waals surface area contributed by atoms with Crippen molar-refractivity contribution >= 4 is 11.8 Å². The van der Waals surface area contributed by atoms with E-state index in [0.29, 0.717) is 0 Å². The maximum Gasteiger partial charge on any atom is 0.224 e. The van der Waals surface area contributed by atoms with Crippen molar-refractivity contribution in [2.45, 2.75) is 70.8 Å². The first-order valence-corrected chi connectivity index (χ1v) is 10.4. The van der Waals surface area contributed by atoms with E-state index in [4.69, 9.17) is 4.98 Å². The minimum absolute atomic E-state index is 0.779. The number of likely N-dealkylation sites (N-methyl/N-ethyl adjacent to an activating group) is 1. The third-order valence-corrected chi connectivity index (χ3v) is 5.75. The lowest BCUT2D eigenvalue weighted by Crippen LogP contribution is -2.39. The second-order valence-corrected chi connectivity index (χ2v) is 7.49. The molecule has 0 spiro atoms. The maximum absolute atomic E-state index is 4.76. The zero-order valence-corrected chi connectivity index (χ0v) is 15.9. The average molecular weight is 346 g/mol. The largest absolute Gasteiger partial charge is 0.356 e. The van der Waals surface area contributed by atoms with Gasteiger partial charge in [0.1, 0.15) is 5.82 Å². The molecule has 0 unspecified atom stereocenters. The van der Waals surface area contributed by atoms with Crippen molar-refractivity contribution in [2.75, 3.05) is 42.9 Å². The van der Waals surface area contributed by atoms with Crippen molar-refractivity contribution < 1.29 is 0 Å². The molecule has 2 fully saturated rings. The minimum Gasteiger partial charge on any atom is -0.356 e. The normalized spacial score (nSPS) is 19.8. The molecule has 0 amide bonds. The maximum atomic E-state index is 4.76. The predicted molar refractivity (Wildman–Crippen MR) is 105 cm³/mol. The fourth-order valence-electron chi connectivity index (χ4n) is 4.27. The molecule has 1 saturated carbocycles. The molecule has 25 heavy (non-hydrogen) atoms. The molecular formula is C20H35N5. The minimum atomic E-state index is 0.779. The van der Waals surface area contributed by atoms with Crippen molar-refractivity contribution in [3.63, 3.8) is 0 Å². The van der Waals surface area contributed by atoms with Crippen LogP contribution in [-0.2, 0) is 0 Å². The summed E-state index contributed by atoms with van der Waals surface area (Å²) in [7, 11) is 0. The van der Waals surface area contributed by atoms with Gasteiger partial charge in [-0.1, -0.05) is 39.0 Å². The van der Waals surface area contributed by atoms with Crippen LogP contribution < -0.4 is 10.2 Å². The van der Waals surface area contributed by atoms with E-state index in [0.717, 1.165) is 50.5 Å². The Labute approximate surface area is 153 Å². The zero-order chi connectivity index (χ0) is 17.3. The lowest BCUT2D eigenvalue weighted by molar-refractivity contribution is 0.169. The lowest BCUT2D eigenvalue weighted by Gasteiger charge is -2.33. The molecule has 1 aromatic heterocycles. The topological polar surface area (TPSA) is 44.3 Å². The third kappa shape index (κ3) is 5.56. The summed E-state index contributed by atoms with van der Waals surface area (Å²) < 4.78 is 0. The molecule has 3 rings (SSSR count). The molecule has 0 bridgehead atoms. The first-order valence-electron chi connectivity index (χ1n) is 10.4. The molecular weight excluding hydrogens is 310 g/mol. The van der Waals surface area contributed by atoms with Crippen LogP contribution in [0.3, 0.4) is 0 Å². The highest BCUT2D eigenvalue weighted by Crippen LogP contribution is 2.22. The summed E-state index contributed by atoms with van der Waals surface area (Å²) in [5.74, 6) is 1.86. The molecule has 2 heterocycles. The van der Waals surface area contributed by atoms with Gasteiger partial charge in [-0.15, -0.1) is 0 Å². The highest BCUT2D eigenvalue weighted by atomic mass is 15.2. The van der Waals surface area contributed by atoms with E-state index < -0.39 is 0 Å². The van der Waals surface area contributed by atoms with Crippen molar-refractivity contribution in [3.8, 4) is 0 Å². The highest BCUT2D eigenvalue weighted by Gasteiger charge is 2.19. The summed E-state index contributed by atoms with van der Waals surface area (Å²) in [6.45, 7) is 7.68. The molecule has 2 aliphatic rings. The fraction of sp³-hybridized carbons (Fsp3) is 0.800. The summed E-state index contributed by atoms with van der Waals surface area (Å²) in [4.78, 5) is 14.2. The molecule has 0 aromatic carbocycles.